The summed E-state index contributed by atoms with van der Waals surface area (Å²) >= 11 is 0. The summed E-state index contributed by atoms with van der Waals surface area (Å²) in [5, 5.41) is 5.57. The molecule has 9 nitrogen and oxygen atoms in total. The van der Waals surface area contributed by atoms with Crippen LogP contribution in [0.5, 0.6) is 0 Å². The van der Waals surface area contributed by atoms with E-state index in [2.05, 4.69) is 10.6 Å². The highest BCUT2D eigenvalue weighted by atomic mass is 16.6. The molecule has 0 radical (unpaired) electrons. The number of amides is 3. The third-order valence-corrected chi connectivity index (χ3v) is 5.71. The van der Waals surface area contributed by atoms with Crippen LogP contribution in [0, 0.1) is 12.8 Å². The number of benzene rings is 1. The first kappa shape index (κ1) is 30.1. The highest BCUT2D eigenvalue weighted by Crippen LogP contribution is 2.36. The van der Waals surface area contributed by atoms with Crippen molar-refractivity contribution in [2.24, 2.45) is 5.92 Å². The fourth-order valence-electron chi connectivity index (χ4n) is 4.09. The van der Waals surface area contributed by atoms with Crippen molar-refractivity contribution in [1.29, 1.82) is 0 Å². The predicted octanol–water partition coefficient (Wildman–Crippen LogP) is 4.04. The van der Waals surface area contributed by atoms with Gasteiger partial charge in [0.05, 0.1) is 13.0 Å². The number of nitrogens with zero attached hydrogens (tertiary/aromatic N) is 1. The zero-order valence-corrected chi connectivity index (χ0v) is 23.3. The molecular weight excluding hydrogens is 474 g/mol. The molecule has 2 unspecified atom stereocenters. The Morgan fingerprint density at radius 3 is 2.35 bits per heavy atom. The SMILES string of the molecule is CCOC(=O)CCNC(=O)C(c1cccc(C)c1)N(C(=O)C(CC(C)C)NC(=O)OC(C)(C)C)C1CC1. The smallest absolute Gasteiger partial charge is 0.408 e. The summed E-state index contributed by atoms with van der Waals surface area (Å²) in [4.78, 5) is 53.6. The van der Waals surface area contributed by atoms with Crippen LogP contribution in [-0.2, 0) is 23.9 Å². The van der Waals surface area contributed by atoms with Crippen LogP contribution in [0.4, 0.5) is 4.79 Å². The number of alkyl carbamates (subject to hydrolysis) is 1. The Bertz CT molecular complexity index is 951. The first-order valence-corrected chi connectivity index (χ1v) is 13.1. The Hall–Kier alpha value is -3.10. The van der Waals surface area contributed by atoms with Crippen LogP contribution in [-0.4, -0.2) is 59.6 Å². The molecule has 1 aromatic rings. The van der Waals surface area contributed by atoms with E-state index in [1.165, 1.54) is 0 Å². The lowest BCUT2D eigenvalue weighted by Gasteiger charge is -2.35. The lowest BCUT2D eigenvalue weighted by molar-refractivity contribution is -0.145. The Kier molecular flexibility index (Phi) is 10.9. The van der Waals surface area contributed by atoms with Crippen molar-refractivity contribution in [2.45, 2.75) is 97.9 Å². The Labute approximate surface area is 220 Å². The van der Waals surface area contributed by atoms with Crippen molar-refractivity contribution in [3.05, 3.63) is 35.4 Å². The van der Waals surface area contributed by atoms with Gasteiger partial charge in [-0.25, -0.2) is 4.79 Å². The van der Waals surface area contributed by atoms with E-state index in [0.717, 1.165) is 18.4 Å². The van der Waals surface area contributed by atoms with Crippen LogP contribution >= 0.6 is 0 Å². The van der Waals surface area contributed by atoms with E-state index in [1.54, 1.807) is 32.6 Å². The molecule has 0 bridgehead atoms. The van der Waals surface area contributed by atoms with Crippen molar-refractivity contribution in [1.82, 2.24) is 15.5 Å². The Balaban J connectivity index is 2.36. The predicted molar refractivity (Wildman–Crippen MR) is 141 cm³/mol. The molecule has 3 amide bonds. The third kappa shape index (κ3) is 10.1. The van der Waals surface area contributed by atoms with Gasteiger partial charge in [0.2, 0.25) is 11.8 Å². The molecule has 1 fully saturated rings. The molecule has 1 aromatic carbocycles. The number of carbonyl (C=O) groups is 4. The van der Waals surface area contributed by atoms with Gasteiger partial charge in [-0.2, -0.15) is 0 Å². The average molecular weight is 518 g/mol. The van der Waals surface area contributed by atoms with Crippen LogP contribution in [0.2, 0.25) is 0 Å². The maximum Gasteiger partial charge on any atom is 0.408 e. The number of nitrogens with one attached hydrogen (secondary N) is 2. The fraction of sp³-hybridized carbons (Fsp3) is 0.643. The molecule has 1 aliphatic rings. The van der Waals surface area contributed by atoms with E-state index < -0.39 is 29.7 Å². The van der Waals surface area contributed by atoms with Gasteiger partial charge in [-0.1, -0.05) is 43.7 Å². The van der Waals surface area contributed by atoms with E-state index in [-0.39, 0.29) is 43.3 Å². The van der Waals surface area contributed by atoms with Crippen molar-refractivity contribution in [3.8, 4) is 0 Å². The second-order valence-corrected chi connectivity index (χ2v) is 11.0. The van der Waals surface area contributed by atoms with E-state index in [1.807, 2.05) is 45.0 Å². The molecule has 0 aromatic heterocycles. The van der Waals surface area contributed by atoms with Crippen LogP contribution in [0.1, 0.15) is 84.4 Å². The summed E-state index contributed by atoms with van der Waals surface area (Å²) in [7, 11) is 0. The normalized spacial score (nSPS) is 14.9. The van der Waals surface area contributed by atoms with Gasteiger partial charge in [0.25, 0.3) is 0 Å². The van der Waals surface area contributed by atoms with Gasteiger partial charge in [-0.3, -0.25) is 14.4 Å². The van der Waals surface area contributed by atoms with Crippen molar-refractivity contribution < 1.29 is 28.7 Å². The fourth-order valence-corrected chi connectivity index (χ4v) is 4.09. The molecule has 206 valence electrons. The summed E-state index contributed by atoms with van der Waals surface area (Å²) in [6.07, 6.45) is 1.30. The van der Waals surface area contributed by atoms with E-state index in [0.29, 0.717) is 12.0 Å². The number of aryl methyl sites for hydroxylation is 1. The maximum absolute atomic E-state index is 14.0. The molecule has 0 spiro atoms. The number of esters is 1. The van der Waals surface area contributed by atoms with E-state index >= 15 is 0 Å². The van der Waals surface area contributed by atoms with Gasteiger partial charge in [0.15, 0.2) is 0 Å². The van der Waals surface area contributed by atoms with Crippen LogP contribution in [0.15, 0.2) is 24.3 Å². The molecule has 1 aliphatic carbocycles. The highest BCUT2D eigenvalue weighted by molar-refractivity contribution is 5.92. The lowest BCUT2D eigenvalue weighted by atomic mass is 9.98. The topological polar surface area (TPSA) is 114 Å². The summed E-state index contributed by atoms with van der Waals surface area (Å²) in [5.41, 5.74) is 0.916. The van der Waals surface area contributed by atoms with Crippen LogP contribution < -0.4 is 10.6 Å². The molecule has 2 atom stereocenters. The second-order valence-electron chi connectivity index (χ2n) is 11.0. The van der Waals surface area contributed by atoms with Gasteiger partial charge in [-0.05, 0) is 65.4 Å². The number of carbonyl (C=O) groups excluding carboxylic acids is 4. The molecular formula is C28H43N3O6. The second kappa shape index (κ2) is 13.4. The van der Waals surface area contributed by atoms with Crippen LogP contribution in [0.3, 0.4) is 0 Å². The molecule has 37 heavy (non-hydrogen) atoms. The average Bonchev–Trinajstić information content (AvgIpc) is 3.60. The third-order valence-electron chi connectivity index (χ3n) is 5.71. The number of hydrogen-bond donors (Lipinski definition) is 2. The summed E-state index contributed by atoms with van der Waals surface area (Å²) in [6.45, 7) is 13.2. The monoisotopic (exact) mass is 517 g/mol. The molecule has 1 saturated carbocycles. The van der Waals surface area contributed by atoms with Gasteiger partial charge in [0.1, 0.15) is 17.7 Å². The molecule has 9 heteroatoms. The molecule has 2 rings (SSSR count). The lowest BCUT2D eigenvalue weighted by Crippen LogP contribution is -2.54. The number of rotatable bonds is 12. The minimum Gasteiger partial charge on any atom is -0.466 e. The first-order chi connectivity index (χ1) is 17.3. The van der Waals surface area contributed by atoms with Gasteiger partial charge >= 0.3 is 12.1 Å². The zero-order valence-electron chi connectivity index (χ0n) is 23.3. The van der Waals surface area contributed by atoms with Gasteiger partial charge in [0, 0.05) is 12.6 Å². The van der Waals surface area contributed by atoms with Crippen molar-refractivity contribution >= 4 is 23.9 Å². The largest absolute Gasteiger partial charge is 0.466 e. The van der Waals surface area contributed by atoms with Gasteiger partial charge in [-0.15, -0.1) is 0 Å². The van der Waals surface area contributed by atoms with E-state index in [4.69, 9.17) is 9.47 Å². The standard InChI is InChI=1S/C28H43N3O6/c1-8-36-23(32)14-15-29-25(33)24(20-11-9-10-19(4)17-20)31(21-12-13-21)26(34)22(16-18(2)3)30-27(35)37-28(5,6)7/h9-11,17-18,21-22,24H,8,12-16H2,1-7H3,(H,29,33)(H,30,35). The quantitative estimate of drug-likeness (QED) is 0.405. The minimum atomic E-state index is -0.905. The van der Waals surface area contributed by atoms with Gasteiger partial charge < -0.3 is 25.0 Å². The van der Waals surface area contributed by atoms with Crippen molar-refractivity contribution in [3.63, 3.8) is 0 Å². The molecule has 0 heterocycles. The van der Waals surface area contributed by atoms with E-state index in [9.17, 15) is 19.2 Å². The first-order valence-electron chi connectivity index (χ1n) is 13.1. The van der Waals surface area contributed by atoms with Crippen LogP contribution in [0.25, 0.3) is 0 Å². The van der Waals surface area contributed by atoms with Crippen molar-refractivity contribution in [2.75, 3.05) is 13.2 Å². The Morgan fingerprint density at radius 1 is 1.14 bits per heavy atom. The Morgan fingerprint density at radius 2 is 1.81 bits per heavy atom. The highest BCUT2D eigenvalue weighted by Gasteiger charge is 2.44. The summed E-state index contributed by atoms with van der Waals surface area (Å²) < 4.78 is 10.4. The molecule has 0 aliphatic heterocycles. The summed E-state index contributed by atoms with van der Waals surface area (Å²) in [6, 6.07) is 5.61. The zero-order chi connectivity index (χ0) is 27.8. The number of hydrogen-bond acceptors (Lipinski definition) is 6. The molecule has 2 N–H and O–H groups in total. The number of ether oxygens (including phenoxy) is 2. The summed E-state index contributed by atoms with van der Waals surface area (Å²) in [5.74, 6) is -0.992. The minimum absolute atomic E-state index is 0.0354. The molecule has 0 saturated heterocycles. The maximum atomic E-state index is 14.0.